The Morgan fingerprint density at radius 1 is 1.43 bits per heavy atom. The Morgan fingerprint density at radius 3 is 2.71 bits per heavy atom. The molecule has 0 bridgehead atoms. The topological polar surface area (TPSA) is 83.4 Å². The van der Waals surface area contributed by atoms with Crippen molar-refractivity contribution in [1.29, 1.82) is 0 Å². The van der Waals surface area contributed by atoms with Crippen LogP contribution in [0.3, 0.4) is 0 Å². The van der Waals surface area contributed by atoms with Gasteiger partial charge in [0.2, 0.25) is 0 Å². The fourth-order valence-electron chi connectivity index (χ4n) is 2.46. The number of aromatic nitrogens is 1. The zero-order valence-electron chi connectivity index (χ0n) is 12.6. The molecule has 0 aliphatic carbocycles. The van der Waals surface area contributed by atoms with Crippen molar-refractivity contribution in [3.8, 4) is 0 Å². The number of nitrogens with zero attached hydrogens (tertiary/aromatic N) is 1. The number of carboxylic acid groups (broad SMARTS) is 1. The van der Waals surface area contributed by atoms with Crippen molar-refractivity contribution >= 4 is 11.9 Å². The highest BCUT2D eigenvalue weighted by molar-refractivity contribution is 5.93. The largest absolute Gasteiger partial charge is 0.481 e. The quantitative estimate of drug-likeness (QED) is 0.763. The van der Waals surface area contributed by atoms with Crippen LogP contribution >= 0.6 is 0 Å². The van der Waals surface area contributed by atoms with E-state index in [0.29, 0.717) is 11.7 Å². The fourth-order valence-corrected chi connectivity index (χ4v) is 2.46. The van der Waals surface area contributed by atoms with Crippen LogP contribution in [0.1, 0.15) is 43.2 Å². The van der Waals surface area contributed by atoms with E-state index in [-0.39, 0.29) is 12.5 Å². The molecule has 2 rings (SSSR count). The van der Waals surface area contributed by atoms with Gasteiger partial charge in [0.25, 0.3) is 5.91 Å². The molecule has 1 aromatic rings. The number of hydrogen-bond donors (Lipinski definition) is 3. The summed E-state index contributed by atoms with van der Waals surface area (Å²) in [6.45, 7) is 5.22. The van der Waals surface area contributed by atoms with Crippen molar-refractivity contribution in [3.05, 3.63) is 24.0 Å². The SMILES string of the molecule is CC(C)(CNC(=O)c1cccn1C1CCNCC1)C(=O)O. The fraction of sp³-hybridized carbons (Fsp3) is 0.600. The van der Waals surface area contributed by atoms with Gasteiger partial charge in [0.15, 0.2) is 0 Å². The Bertz CT molecular complexity index is 516. The summed E-state index contributed by atoms with van der Waals surface area (Å²) in [5.41, 5.74) is -0.370. The van der Waals surface area contributed by atoms with E-state index in [2.05, 4.69) is 10.6 Å². The monoisotopic (exact) mass is 293 g/mol. The van der Waals surface area contributed by atoms with E-state index in [1.165, 1.54) is 0 Å². The Morgan fingerprint density at radius 2 is 2.10 bits per heavy atom. The maximum absolute atomic E-state index is 12.3. The summed E-state index contributed by atoms with van der Waals surface area (Å²) in [6.07, 6.45) is 3.92. The lowest BCUT2D eigenvalue weighted by Gasteiger charge is -2.26. The first kappa shape index (κ1) is 15.6. The van der Waals surface area contributed by atoms with Gasteiger partial charge in [-0.05, 0) is 51.9 Å². The third-order valence-electron chi connectivity index (χ3n) is 3.98. The minimum atomic E-state index is -0.970. The zero-order chi connectivity index (χ0) is 15.5. The molecule has 0 atom stereocenters. The number of carbonyl (C=O) groups is 2. The number of rotatable bonds is 5. The molecule has 116 valence electrons. The molecule has 1 aliphatic rings. The van der Waals surface area contributed by atoms with Gasteiger partial charge < -0.3 is 20.3 Å². The minimum Gasteiger partial charge on any atom is -0.481 e. The number of piperidine rings is 1. The number of carbonyl (C=O) groups excluding carboxylic acids is 1. The van der Waals surface area contributed by atoms with Crippen LogP contribution in [0, 0.1) is 5.41 Å². The normalized spacial score (nSPS) is 16.7. The second-order valence-electron chi connectivity index (χ2n) is 6.15. The van der Waals surface area contributed by atoms with Crippen molar-refractivity contribution in [3.63, 3.8) is 0 Å². The first-order valence-electron chi connectivity index (χ1n) is 7.31. The molecule has 6 heteroatoms. The molecule has 0 saturated carbocycles. The third-order valence-corrected chi connectivity index (χ3v) is 3.98. The van der Waals surface area contributed by atoms with Gasteiger partial charge in [0.1, 0.15) is 5.69 Å². The molecular weight excluding hydrogens is 270 g/mol. The van der Waals surface area contributed by atoms with Crippen molar-refractivity contribution in [2.75, 3.05) is 19.6 Å². The Kier molecular flexibility index (Phi) is 4.67. The zero-order valence-corrected chi connectivity index (χ0v) is 12.6. The second-order valence-corrected chi connectivity index (χ2v) is 6.15. The smallest absolute Gasteiger partial charge is 0.310 e. The predicted molar refractivity (Wildman–Crippen MR) is 79.3 cm³/mol. The molecule has 1 aliphatic heterocycles. The van der Waals surface area contributed by atoms with E-state index < -0.39 is 11.4 Å². The molecule has 0 spiro atoms. The molecule has 0 aromatic carbocycles. The summed E-state index contributed by atoms with van der Waals surface area (Å²) in [5.74, 6) is -1.13. The summed E-state index contributed by atoms with van der Waals surface area (Å²) in [6, 6.07) is 3.97. The van der Waals surface area contributed by atoms with Crippen LogP contribution in [-0.4, -0.2) is 41.2 Å². The number of nitrogens with one attached hydrogen (secondary N) is 2. The molecule has 21 heavy (non-hydrogen) atoms. The van der Waals surface area contributed by atoms with Crippen LogP contribution in [0.2, 0.25) is 0 Å². The number of aliphatic carboxylic acids is 1. The molecule has 3 N–H and O–H groups in total. The highest BCUT2D eigenvalue weighted by Crippen LogP contribution is 2.21. The van der Waals surface area contributed by atoms with Crippen LogP contribution < -0.4 is 10.6 Å². The van der Waals surface area contributed by atoms with Gasteiger partial charge in [-0.25, -0.2) is 0 Å². The molecule has 0 unspecified atom stereocenters. The van der Waals surface area contributed by atoms with Crippen molar-refractivity contribution < 1.29 is 14.7 Å². The molecule has 1 amide bonds. The van der Waals surface area contributed by atoms with Crippen LogP contribution in [0.25, 0.3) is 0 Å². The number of carboxylic acids is 1. The van der Waals surface area contributed by atoms with Crippen molar-refractivity contribution in [2.45, 2.75) is 32.7 Å². The molecular formula is C15H23N3O3. The van der Waals surface area contributed by atoms with Gasteiger partial charge in [-0.15, -0.1) is 0 Å². The van der Waals surface area contributed by atoms with Crippen LogP contribution in [0.4, 0.5) is 0 Å². The molecule has 6 nitrogen and oxygen atoms in total. The third kappa shape index (κ3) is 3.64. The van der Waals surface area contributed by atoms with Crippen LogP contribution in [-0.2, 0) is 4.79 Å². The van der Waals surface area contributed by atoms with Gasteiger partial charge in [-0.1, -0.05) is 0 Å². The lowest BCUT2D eigenvalue weighted by Crippen LogP contribution is -2.40. The Balaban J connectivity index is 2.03. The lowest BCUT2D eigenvalue weighted by atomic mass is 9.94. The van der Waals surface area contributed by atoms with Gasteiger partial charge in [0.05, 0.1) is 5.41 Å². The van der Waals surface area contributed by atoms with E-state index in [9.17, 15) is 9.59 Å². The molecule has 2 heterocycles. The van der Waals surface area contributed by atoms with Crippen molar-refractivity contribution in [2.24, 2.45) is 5.41 Å². The predicted octanol–water partition coefficient (Wildman–Crippen LogP) is 1.25. The summed E-state index contributed by atoms with van der Waals surface area (Å²) in [5, 5.41) is 15.1. The Labute approximate surface area is 124 Å². The first-order chi connectivity index (χ1) is 9.92. The maximum Gasteiger partial charge on any atom is 0.310 e. The van der Waals surface area contributed by atoms with Gasteiger partial charge in [-0.2, -0.15) is 0 Å². The molecule has 1 aromatic heterocycles. The Hall–Kier alpha value is -1.82. The van der Waals surface area contributed by atoms with E-state index in [0.717, 1.165) is 25.9 Å². The molecule has 1 fully saturated rings. The van der Waals surface area contributed by atoms with E-state index in [4.69, 9.17) is 5.11 Å². The van der Waals surface area contributed by atoms with Crippen LogP contribution in [0.15, 0.2) is 18.3 Å². The van der Waals surface area contributed by atoms with E-state index in [1.807, 2.05) is 16.8 Å². The second kappa shape index (κ2) is 6.30. The average molecular weight is 293 g/mol. The van der Waals surface area contributed by atoms with Crippen molar-refractivity contribution in [1.82, 2.24) is 15.2 Å². The molecule has 1 saturated heterocycles. The highest BCUT2D eigenvalue weighted by Gasteiger charge is 2.28. The standard InChI is InChI=1S/C15H23N3O3/c1-15(2,14(20)21)10-17-13(19)12-4-3-9-18(12)11-5-7-16-8-6-11/h3-4,9,11,16H,5-8,10H2,1-2H3,(H,17,19)(H,20,21). The summed E-state index contributed by atoms with van der Waals surface area (Å²) in [7, 11) is 0. The van der Waals surface area contributed by atoms with E-state index in [1.54, 1.807) is 19.9 Å². The van der Waals surface area contributed by atoms with Crippen LogP contribution in [0.5, 0.6) is 0 Å². The highest BCUT2D eigenvalue weighted by atomic mass is 16.4. The number of amides is 1. The number of hydrogen-bond acceptors (Lipinski definition) is 3. The lowest BCUT2D eigenvalue weighted by molar-refractivity contribution is -0.146. The summed E-state index contributed by atoms with van der Waals surface area (Å²) < 4.78 is 2.00. The van der Waals surface area contributed by atoms with Gasteiger partial charge in [-0.3, -0.25) is 9.59 Å². The maximum atomic E-state index is 12.3. The summed E-state index contributed by atoms with van der Waals surface area (Å²) in [4.78, 5) is 23.4. The average Bonchev–Trinajstić information content (AvgIpc) is 2.95. The van der Waals surface area contributed by atoms with Gasteiger partial charge in [0, 0.05) is 18.8 Å². The van der Waals surface area contributed by atoms with E-state index >= 15 is 0 Å². The first-order valence-corrected chi connectivity index (χ1v) is 7.31. The molecule has 0 radical (unpaired) electrons. The minimum absolute atomic E-state index is 0.110. The summed E-state index contributed by atoms with van der Waals surface area (Å²) >= 11 is 0. The van der Waals surface area contributed by atoms with Gasteiger partial charge >= 0.3 is 5.97 Å².